The maximum atomic E-state index is 12.3. The van der Waals surface area contributed by atoms with Crippen LogP contribution in [0.5, 0.6) is 5.75 Å². The summed E-state index contributed by atoms with van der Waals surface area (Å²) in [5.74, 6) is -0.775. The summed E-state index contributed by atoms with van der Waals surface area (Å²) in [5, 5.41) is 12.7. The van der Waals surface area contributed by atoms with Crippen molar-refractivity contribution >= 4 is 17.5 Å². The molecule has 8 nitrogen and oxygen atoms in total. The summed E-state index contributed by atoms with van der Waals surface area (Å²) < 4.78 is 15.2. The van der Waals surface area contributed by atoms with Crippen LogP contribution in [0.1, 0.15) is 20.8 Å². The van der Waals surface area contributed by atoms with Crippen LogP contribution < -0.4 is 10.1 Å². The van der Waals surface area contributed by atoms with E-state index < -0.39 is 17.9 Å². The maximum absolute atomic E-state index is 12.3. The number of nitrogens with one attached hydrogen (secondary N) is 1. The Hall–Kier alpha value is -2.58. The molecule has 1 saturated heterocycles. The molecule has 1 unspecified atom stereocenters. The Labute approximate surface area is 158 Å². The summed E-state index contributed by atoms with van der Waals surface area (Å²) in [6.07, 6.45) is 0.0105. The Balaban J connectivity index is 0.000000596. The molecule has 1 aromatic carbocycles. The molecule has 1 aromatic rings. The van der Waals surface area contributed by atoms with Crippen molar-refractivity contribution in [2.75, 3.05) is 32.4 Å². The lowest BCUT2D eigenvalue weighted by molar-refractivity contribution is -0.129. The second-order valence-corrected chi connectivity index (χ2v) is 6.28. The number of rotatable bonds is 5. The van der Waals surface area contributed by atoms with Crippen molar-refractivity contribution in [3.8, 4) is 5.75 Å². The van der Waals surface area contributed by atoms with Gasteiger partial charge < -0.3 is 29.5 Å². The predicted molar refractivity (Wildman–Crippen MR) is 99.5 cm³/mol. The Morgan fingerprint density at radius 3 is 2.74 bits per heavy atom. The normalized spacial score (nSPS) is 18.3. The number of benzene rings is 1. The van der Waals surface area contributed by atoms with E-state index in [1.165, 1.54) is 4.90 Å². The number of amides is 2. The largest absolute Gasteiger partial charge is 0.509 e. The first kappa shape index (κ1) is 20.7. The van der Waals surface area contributed by atoms with E-state index in [0.29, 0.717) is 11.4 Å². The molecular formula is C19H26N2O6. The Kier molecular flexibility index (Phi) is 7.20. The first-order valence-electron chi connectivity index (χ1n) is 8.77. The van der Waals surface area contributed by atoms with E-state index >= 15 is 0 Å². The van der Waals surface area contributed by atoms with Crippen molar-refractivity contribution in [1.29, 1.82) is 0 Å². The second kappa shape index (κ2) is 9.38. The Bertz CT molecular complexity index is 714. The number of anilines is 1. The Morgan fingerprint density at radius 2 is 2.15 bits per heavy atom. The van der Waals surface area contributed by atoms with Gasteiger partial charge in [0.15, 0.2) is 0 Å². The van der Waals surface area contributed by atoms with Gasteiger partial charge in [0.2, 0.25) is 0 Å². The molecule has 0 bridgehead atoms. The lowest BCUT2D eigenvalue weighted by atomic mass is 10.2. The molecule has 0 saturated carbocycles. The van der Waals surface area contributed by atoms with Gasteiger partial charge in [-0.05, 0) is 32.9 Å². The van der Waals surface area contributed by atoms with Crippen LogP contribution in [0.2, 0.25) is 0 Å². The molecule has 1 atom stereocenters. The zero-order valence-electron chi connectivity index (χ0n) is 16.0. The lowest BCUT2D eigenvalue weighted by Gasteiger charge is -2.12. The molecule has 148 valence electrons. The van der Waals surface area contributed by atoms with Gasteiger partial charge in [-0.25, -0.2) is 0 Å². The third-order valence-electron chi connectivity index (χ3n) is 3.91. The van der Waals surface area contributed by atoms with Crippen molar-refractivity contribution < 1.29 is 28.9 Å². The first-order valence-corrected chi connectivity index (χ1v) is 8.77. The molecule has 2 aliphatic heterocycles. The number of aliphatic hydroxyl groups excluding tert-OH is 1. The zero-order chi connectivity index (χ0) is 20.0. The van der Waals surface area contributed by atoms with Crippen molar-refractivity contribution in [2.24, 2.45) is 0 Å². The number of hydrogen-bond acceptors (Lipinski definition) is 6. The molecule has 27 heavy (non-hydrogen) atoms. The highest BCUT2D eigenvalue weighted by molar-refractivity contribution is 6.24. The SMILES string of the molecule is CC(C)Oc1cccc(NC(=O)C2=C(O)C3COCN3C2=O)c1.CCOC. The van der Waals surface area contributed by atoms with E-state index in [4.69, 9.17) is 9.47 Å². The molecule has 8 heteroatoms. The summed E-state index contributed by atoms with van der Waals surface area (Å²) in [6, 6.07) is 6.31. The number of carbonyl (C=O) groups is 2. The molecule has 0 radical (unpaired) electrons. The monoisotopic (exact) mass is 378 g/mol. The topological polar surface area (TPSA) is 97.3 Å². The summed E-state index contributed by atoms with van der Waals surface area (Å²) in [5.41, 5.74) is 0.262. The minimum absolute atomic E-state index is 0.0105. The molecule has 0 spiro atoms. The smallest absolute Gasteiger partial charge is 0.265 e. The third-order valence-corrected chi connectivity index (χ3v) is 3.91. The van der Waals surface area contributed by atoms with Gasteiger partial charge in [-0.1, -0.05) is 6.07 Å². The van der Waals surface area contributed by atoms with Crippen LogP contribution in [0.4, 0.5) is 5.69 Å². The third kappa shape index (κ3) is 4.99. The van der Waals surface area contributed by atoms with E-state index in [1.807, 2.05) is 20.8 Å². The molecule has 0 aliphatic carbocycles. The average Bonchev–Trinajstić information content (AvgIpc) is 3.19. The number of methoxy groups -OCH3 is 1. The van der Waals surface area contributed by atoms with Crippen molar-refractivity contribution in [3.05, 3.63) is 35.6 Å². The first-order chi connectivity index (χ1) is 12.9. The fourth-order valence-electron chi connectivity index (χ4n) is 2.62. The summed E-state index contributed by atoms with van der Waals surface area (Å²) >= 11 is 0. The molecular weight excluding hydrogens is 352 g/mol. The van der Waals surface area contributed by atoms with E-state index in [2.05, 4.69) is 10.1 Å². The number of hydrogen-bond donors (Lipinski definition) is 2. The molecule has 2 heterocycles. The second-order valence-electron chi connectivity index (χ2n) is 6.28. The summed E-state index contributed by atoms with van der Waals surface area (Å²) in [7, 11) is 1.68. The molecule has 2 amide bonds. The molecule has 2 aliphatic rings. The highest BCUT2D eigenvalue weighted by atomic mass is 16.5. The van der Waals surface area contributed by atoms with Gasteiger partial charge in [0.25, 0.3) is 11.8 Å². The number of aliphatic hydroxyl groups is 1. The number of nitrogens with zero attached hydrogens (tertiary/aromatic N) is 1. The van der Waals surface area contributed by atoms with Crippen LogP contribution in [0.15, 0.2) is 35.6 Å². The molecule has 0 aromatic heterocycles. The van der Waals surface area contributed by atoms with Gasteiger partial charge in [-0.2, -0.15) is 0 Å². The number of ether oxygens (including phenoxy) is 3. The van der Waals surface area contributed by atoms with Crippen LogP contribution in [-0.2, 0) is 19.1 Å². The minimum Gasteiger partial charge on any atom is -0.509 e. The van der Waals surface area contributed by atoms with E-state index in [-0.39, 0.29) is 30.8 Å². The van der Waals surface area contributed by atoms with Gasteiger partial charge in [0, 0.05) is 25.5 Å². The van der Waals surface area contributed by atoms with Gasteiger partial charge in [-0.3, -0.25) is 9.59 Å². The molecule has 1 fully saturated rings. The van der Waals surface area contributed by atoms with Crippen LogP contribution in [0.25, 0.3) is 0 Å². The van der Waals surface area contributed by atoms with E-state index in [9.17, 15) is 14.7 Å². The highest BCUT2D eigenvalue weighted by Gasteiger charge is 2.45. The number of carbonyl (C=O) groups excluding carboxylic acids is 2. The van der Waals surface area contributed by atoms with Crippen LogP contribution in [0.3, 0.4) is 0 Å². The van der Waals surface area contributed by atoms with Crippen LogP contribution >= 0.6 is 0 Å². The minimum atomic E-state index is -0.636. The van der Waals surface area contributed by atoms with Crippen molar-refractivity contribution in [2.45, 2.75) is 32.9 Å². The van der Waals surface area contributed by atoms with Crippen molar-refractivity contribution in [1.82, 2.24) is 4.90 Å². The van der Waals surface area contributed by atoms with Crippen LogP contribution in [-0.4, -0.2) is 61.0 Å². The van der Waals surface area contributed by atoms with Gasteiger partial charge >= 0.3 is 0 Å². The summed E-state index contributed by atoms with van der Waals surface area (Å²) in [4.78, 5) is 25.9. The fourth-order valence-corrected chi connectivity index (χ4v) is 2.62. The zero-order valence-corrected chi connectivity index (χ0v) is 16.0. The van der Waals surface area contributed by atoms with E-state index in [1.54, 1.807) is 31.4 Å². The van der Waals surface area contributed by atoms with Gasteiger partial charge in [0.05, 0.1) is 12.7 Å². The van der Waals surface area contributed by atoms with Gasteiger partial charge in [-0.15, -0.1) is 0 Å². The standard InChI is InChI=1S/C16H18N2O5.C3H8O/c1-9(2)23-11-5-3-4-10(6-11)17-15(20)13-14(19)12-7-22-8-18(12)16(13)21;1-3-4-2/h3-6,9,12,19H,7-8H2,1-2H3,(H,17,20);3H2,1-2H3. The lowest BCUT2D eigenvalue weighted by Crippen LogP contribution is -2.32. The maximum Gasteiger partial charge on any atom is 0.265 e. The molecule has 3 rings (SSSR count). The van der Waals surface area contributed by atoms with Crippen LogP contribution in [0, 0.1) is 0 Å². The highest BCUT2D eigenvalue weighted by Crippen LogP contribution is 2.29. The Morgan fingerprint density at radius 1 is 1.44 bits per heavy atom. The van der Waals surface area contributed by atoms with E-state index in [0.717, 1.165) is 6.61 Å². The summed E-state index contributed by atoms with van der Waals surface area (Å²) in [6.45, 7) is 6.87. The fraction of sp³-hybridized carbons (Fsp3) is 0.474. The average molecular weight is 378 g/mol. The van der Waals surface area contributed by atoms with Crippen molar-refractivity contribution in [3.63, 3.8) is 0 Å². The molecule has 2 N–H and O–H groups in total. The quantitative estimate of drug-likeness (QED) is 0.762. The van der Waals surface area contributed by atoms with Gasteiger partial charge in [0.1, 0.15) is 29.9 Å². The predicted octanol–water partition coefficient (Wildman–Crippen LogP) is 2.08. The number of fused-ring (bicyclic) bond motifs is 1.